The van der Waals surface area contributed by atoms with E-state index in [0.717, 1.165) is 17.3 Å². The Morgan fingerprint density at radius 2 is 2.48 bits per heavy atom. The number of carbonyl (C=O) groups is 1. The second kappa shape index (κ2) is 5.90. The van der Waals surface area contributed by atoms with Gasteiger partial charge in [-0.3, -0.25) is 9.89 Å². The molecule has 1 aliphatic rings. The SMILES string of the molecule is CCc1nc([C@@H]2CN(C(=O)c3cnc(C)s3)CCO2)n[nH]1. The highest BCUT2D eigenvalue weighted by atomic mass is 32.1. The summed E-state index contributed by atoms with van der Waals surface area (Å²) in [5.41, 5.74) is 0. The van der Waals surface area contributed by atoms with E-state index in [1.165, 1.54) is 11.3 Å². The van der Waals surface area contributed by atoms with Gasteiger partial charge in [0.25, 0.3) is 5.91 Å². The fraction of sp³-hybridized carbons (Fsp3) is 0.538. The average molecular weight is 307 g/mol. The molecule has 112 valence electrons. The van der Waals surface area contributed by atoms with Crippen molar-refractivity contribution in [3.63, 3.8) is 0 Å². The summed E-state index contributed by atoms with van der Waals surface area (Å²) in [5, 5.41) is 7.95. The molecule has 21 heavy (non-hydrogen) atoms. The minimum Gasteiger partial charge on any atom is -0.366 e. The van der Waals surface area contributed by atoms with Gasteiger partial charge in [-0.05, 0) is 6.92 Å². The monoisotopic (exact) mass is 307 g/mol. The summed E-state index contributed by atoms with van der Waals surface area (Å²) in [6, 6.07) is 0. The first-order chi connectivity index (χ1) is 10.2. The van der Waals surface area contributed by atoms with Gasteiger partial charge >= 0.3 is 0 Å². The molecule has 7 nitrogen and oxygen atoms in total. The van der Waals surface area contributed by atoms with E-state index in [9.17, 15) is 4.79 Å². The van der Waals surface area contributed by atoms with Gasteiger partial charge in [-0.2, -0.15) is 5.10 Å². The maximum atomic E-state index is 12.4. The van der Waals surface area contributed by atoms with Gasteiger partial charge in [0.2, 0.25) is 0 Å². The van der Waals surface area contributed by atoms with Crippen molar-refractivity contribution in [1.29, 1.82) is 0 Å². The van der Waals surface area contributed by atoms with Crippen LogP contribution in [0.2, 0.25) is 0 Å². The zero-order chi connectivity index (χ0) is 14.8. The first-order valence-electron chi connectivity index (χ1n) is 6.92. The summed E-state index contributed by atoms with van der Waals surface area (Å²) in [6.45, 7) is 5.44. The van der Waals surface area contributed by atoms with Crippen LogP contribution < -0.4 is 0 Å². The van der Waals surface area contributed by atoms with E-state index < -0.39 is 0 Å². The van der Waals surface area contributed by atoms with Gasteiger partial charge in [0.15, 0.2) is 5.82 Å². The van der Waals surface area contributed by atoms with Crippen LogP contribution in [-0.4, -0.2) is 50.7 Å². The third kappa shape index (κ3) is 2.96. The molecule has 8 heteroatoms. The number of aromatic amines is 1. The van der Waals surface area contributed by atoms with E-state index in [1.807, 2.05) is 13.8 Å². The van der Waals surface area contributed by atoms with E-state index >= 15 is 0 Å². The molecule has 1 fully saturated rings. The summed E-state index contributed by atoms with van der Waals surface area (Å²) in [4.78, 5) is 23.4. The number of thiazole rings is 1. The van der Waals surface area contributed by atoms with Crippen LogP contribution in [0.4, 0.5) is 0 Å². The van der Waals surface area contributed by atoms with Crippen LogP contribution in [-0.2, 0) is 11.2 Å². The zero-order valence-corrected chi connectivity index (χ0v) is 12.8. The summed E-state index contributed by atoms with van der Waals surface area (Å²) >= 11 is 1.41. The van der Waals surface area contributed by atoms with E-state index in [4.69, 9.17) is 4.74 Å². The van der Waals surface area contributed by atoms with Gasteiger partial charge in [0.1, 0.15) is 16.8 Å². The molecular weight excluding hydrogens is 290 g/mol. The highest BCUT2D eigenvalue weighted by molar-refractivity contribution is 7.13. The number of morpholine rings is 1. The lowest BCUT2D eigenvalue weighted by molar-refractivity contribution is -0.0265. The van der Waals surface area contributed by atoms with Gasteiger partial charge in [-0.15, -0.1) is 11.3 Å². The zero-order valence-electron chi connectivity index (χ0n) is 12.0. The fourth-order valence-corrected chi connectivity index (χ4v) is 2.96. The minimum atomic E-state index is -0.270. The summed E-state index contributed by atoms with van der Waals surface area (Å²) in [5.74, 6) is 1.44. The second-order valence-electron chi connectivity index (χ2n) is 4.85. The first kappa shape index (κ1) is 14.2. The smallest absolute Gasteiger partial charge is 0.265 e. The van der Waals surface area contributed by atoms with Crippen molar-refractivity contribution in [3.05, 3.63) is 27.7 Å². The number of rotatable bonds is 3. The molecule has 0 aromatic carbocycles. The molecule has 0 saturated carbocycles. The largest absolute Gasteiger partial charge is 0.366 e. The minimum absolute atomic E-state index is 0.000140. The van der Waals surface area contributed by atoms with Gasteiger partial charge in [-0.25, -0.2) is 9.97 Å². The average Bonchev–Trinajstić information content (AvgIpc) is 3.15. The Kier molecular flexibility index (Phi) is 3.98. The molecular formula is C13H17N5O2S. The topological polar surface area (TPSA) is 84.0 Å². The number of nitrogens with one attached hydrogen (secondary N) is 1. The number of hydrogen-bond acceptors (Lipinski definition) is 6. The van der Waals surface area contributed by atoms with E-state index in [0.29, 0.717) is 30.4 Å². The van der Waals surface area contributed by atoms with Crippen LogP contribution in [0.1, 0.15) is 39.4 Å². The molecule has 0 radical (unpaired) electrons. The van der Waals surface area contributed by atoms with Gasteiger partial charge < -0.3 is 9.64 Å². The molecule has 2 aromatic heterocycles. The number of hydrogen-bond donors (Lipinski definition) is 1. The van der Waals surface area contributed by atoms with Crippen molar-refractivity contribution in [2.75, 3.05) is 19.7 Å². The third-order valence-electron chi connectivity index (χ3n) is 3.36. The summed E-state index contributed by atoms with van der Waals surface area (Å²) in [6.07, 6.45) is 2.16. The van der Waals surface area contributed by atoms with Crippen molar-refractivity contribution in [2.24, 2.45) is 0 Å². The highest BCUT2D eigenvalue weighted by Crippen LogP contribution is 2.22. The van der Waals surface area contributed by atoms with Crippen LogP contribution in [0.3, 0.4) is 0 Å². The van der Waals surface area contributed by atoms with Crippen molar-refractivity contribution in [2.45, 2.75) is 26.4 Å². The molecule has 1 atom stereocenters. The van der Waals surface area contributed by atoms with E-state index in [2.05, 4.69) is 20.2 Å². The number of ether oxygens (including phenoxy) is 1. The van der Waals surface area contributed by atoms with Crippen LogP contribution in [0.15, 0.2) is 6.20 Å². The van der Waals surface area contributed by atoms with E-state index in [-0.39, 0.29) is 12.0 Å². The molecule has 1 aliphatic heterocycles. The van der Waals surface area contributed by atoms with Crippen LogP contribution >= 0.6 is 11.3 Å². The molecule has 3 heterocycles. The molecule has 0 unspecified atom stereocenters. The van der Waals surface area contributed by atoms with Crippen molar-refractivity contribution >= 4 is 17.2 Å². The Bertz CT molecular complexity index is 638. The maximum absolute atomic E-state index is 12.4. The Morgan fingerprint density at radius 3 is 3.14 bits per heavy atom. The van der Waals surface area contributed by atoms with E-state index in [1.54, 1.807) is 11.1 Å². The number of aromatic nitrogens is 4. The van der Waals surface area contributed by atoms with Crippen molar-refractivity contribution in [3.8, 4) is 0 Å². The van der Waals surface area contributed by atoms with Gasteiger partial charge in [0.05, 0.1) is 24.4 Å². The van der Waals surface area contributed by atoms with Crippen LogP contribution in [0.25, 0.3) is 0 Å². The number of H-pyrrole nitrogens is 1. The Morgan fingerprint density at radius 1 is 1.62 bits per heavy atom. The predicted molar refractivity (Wildman–Crippen MR) is 77.2 cm³/mol. The molecule has 0 aliphatic carbocycles. The molecule has 0 spiro atoms. The van der Waals surface area contributed by atoms with Crippen molar-refractivity contribution in [1.82, 2.24) is 25.1 Å². The predicted octanol–water partition coefficient (Wildman–Crippen LogP) is 1.35. The third-order valence-corrected chi connectivity index (χ3v) is 4.26. The molecule has 3 rings (SSSR count). The second-order valence-corrected chi connectivity index (χ2v) is 6.08. The number of aryl methyl sites for hydroxylation is 2. The molecule has 2 aromatic rings. The number of carbonyl (C=O) groups excluding carboxylic acids is 1. The Balaban J connectivity index is 1.72. The Hall–Kier alpha value is -1.80. The summed E-state index contributed by atoms with van der Waals surface area (Å²) < 4.78 is 5.69. The summed E-state index contributed by atoms with van der Waals surface area (Å²) in [7, 11) is 0. The maximum Gasteiger partial charge on any atom is 0.265 e. The van der Waals surface area contributed by atoms with Crippen LogP contribution in [0.5, 0.6) is 0 Å². The lowest BCUT2D eigenvalue weighted by Gasteiger charge is -2.31. The van der Waals surface area contributed by atoms with Crippen LogP contribution in [0, 0.1) is 6.92 Å². The lowest BCUT2D eigenvalue weighted by atomic mass is 10.2. The molecule has 0 bridgehead atoms. The Labute approximate surface area is 126 Å². The number of amides is 1. The molecule has 1 N–H and O–H groups in total. The standard InChI is InChI=1S/C13H17N5O2S/c1-3-11-15-12(17-16-11)9-7-18(4-5-20-9)13(19)10-6-14-8(2)21-10/h6,9H,3-5,7H2,1-2H3,(H,15,16,17)/t9-/m0/s1. The molecule has 1 saturated heterocycles. The van der Waals surface area contributed by atoms with Crippen molar-refractivity contribution < 1.29 is 9.53 Å². The fourth-order valence-electron chi connectivity index (χ4n) is 2.22. The lowest BCUT2D eigenvalue weighted by Crippen LogP contribution is -2.42. The molecule has 1 amide bonds. The van der Waals surface area contributed by atoms with Gasteiger partial charge in [0, 0.05) is 13.0 Å². The first-order valence-corrected chi connectivity index (χ1v) is 7.73. The normalized spacial score (nSPS) is 19.0. The highest BCUT2D eigenvalue weighted by Gasteiger charge is 2.29. The van der Waals surface area contributed by atoms with Gasteiger partial charge in [-0.1, -0.05) is 6.92 Å². The quantitative estimate of drug-likeness (QED) is 0.925. The number of nitrogens with zero attached hydrogens (tertiary/aromatic N) is 4.